The number of esters is 1. The lowest BCUT2D eigenvalue weighted by Gasteiger charge is -2.18. The van der Waals surface area contributed by atoms with Gasteiger partial charge in [0, 0.05) is 25.8 Å². The fourth-order valence-corrected chi connectivity index (χ4v) is 4.26. The molecule has 0 aliphatic carbocycles. The normalized spacial score (nSPS) is 11.8. The van der Waals surface area contributed by atoms with Crippen LogP contribution < -0.4 is 5.09 Å². The van der Waals surface area contributed by atoms with Gasteiger partial charge in [0.15, 0.2) is 6.10 Å². The second kappa shape index (κ2) is 12.2. The zero-order chi connectivity index (χ0) is 24.4. The van der Waals surface area contributed by atoms with Gasteiger partial charge in [0.2, 0.25) is 16.7 Å². The van der Waals surface area contributed by atoms with Crippen molar-refractivity contribution >= 4 is 36.1 Å². The molecule has 3 aromatic rings. The number of anilines is 1. The number of oxime groups is 1. The third kappa shape index (κ3) is 6.58. The predicted molar refractivity (Wildman–Crippen MR) is 129 cm³/mol. The number of carbonyl (C=O) groups is 1. The van der Waals surface area contributed by atoms with E-state index in [0.717, 1.165) is 22.7 Å². The summed E-state index contributed by atoms with van der Waals surface area (Å²) in [5.41, 5.74) is 1.26. The van der Waals surface area contributed by atoms with E-state index in [2.05, 4.69) is 26.2 Å². The second-order valence-electron chi connectivity index (χ2n) is 6.53. The van der Waals surface area contributed by atoms with Crippen molar-refractivity contribution in [2.24, 2.45) is 5.16 Å². The topological polar surface area (TPSA) is 121 Å². The van der Waals surface area contributed by atoms with Crippen molar-refractivity contribution in [2.75, 3.05) is 25.9 Å². The highest BCUT2D eigenvalue weighted by Crippen LogP contribution is 2.46. The molecule has 12 heteroatoms. The zero-order valence-electron chi connectivity index (χ0n) is 18.5. The van der Waals surface area contributed by atoms with Crippen LogP contribution in [0.15, 0.2) is 78.5 Å². The van der Waals surface area contributed by atoms with Gasteiger partial charge in [-0.05, 0) is 11.1 Å². The summed E-state index contributed by atoms with van der Waals surface area (Å²) < 4.78 is 32.0. The van der Waals surface area contributed by atoms with Crippen molar-refractivity contribution < 1.29 is 28.0 Å². The van der Waals surface area contributed by atoms with E-state index in [0.29, 0.717) is 0 Å². The molecule has 0 atom stereocenters. The second-order valence-corrected chi connectivity index (χ2v) is 9.23. The Hall–Kier alpha value is -3.37. The van der Waals surface area contributed by atoms with E-state index in [-0.39, 0.29) is 23.3 Å². The molecule has 0 spiro atoms. The van der Waals surface area contributed by atoms with Crippen LogP contribution in [0, 0.1) is 0 Å². The summed E-state index contributed by atoms with van der Waals surface area (Å²) in [4.78, 5) is 22.5. The van der Waals surface area contributed by atoms with Gasteiger partial charge in [-0.2, -0.15) is 9.36 Å². The highest BCUT2D eigenvalue weighted by atomic mass is 32.1. The molecule has 2 aromatic carbocycles. The number of benzene rings is 2. The van der Waals surface area contributed by atoms with Gasteiger partial charge in [-0.25, -0.2) is 9.36 Å². The molecule has 1 heterocycles. The van der Waals surface area contributed by atoms with E-state index in [4.69, 9.17) is 18.6 Å². The monoisotopic (exact) mass is 502 g/mol. The lowest BCUT2D eigenvalue weighted by atomic mass is 10.0. The Morgan fingerprint density at radius 3 is 2.24 bits per heavy atom. The smallest absolute Gasteiger partial charge is 0.434 e. The van der Waals surface area contributed by atoms with E-state index in [1.807, 2.05) is 60.7 Å². The Balaban J connectivity index is 1.91. The van der Waals surface area contributed by atoms with Crippen molar-refractivity contribution in [2.45, 2.75) is 6.10 Å². The van der Waals surface area contributed by atoms with Crippen molar-refractivity contribution in [3.8, 4) is 0 Å². The lowest BCUT2D eigenvalue weighted by Crippen LogP contribution is -2.23. The van der Waals surface area contributed by atoms with Crippen LogP contribution in [0.2, 0.25) is 0 Å². The molecule has 0 aliphatic heterocycles. The van der Waals surface area contributed by atoms with Gasteiger partial charge in [-0.1, -0.05) is 78.5 Å². The minimum Gasteiger partial charge on any atom is -0.448 e. The average Bonchev–Trinajstić information content (AvgIpc) is 3.33. The number of aromatic nitrogens is 2. The molecule has 1 aromatic heterocycles. The number of carbonyl (C=O) groups excluding carboxylic acids is 1. The van der Waals surface area contributed by atoms with Gasteiger partial charge in [0.25, 0.3) is 0 Å². The van der Waals surface area contributed by atoms with Crippen LogP contribution in [-0.4, -0.2) is 41.9 Å². The summed E-state index contributed by atoms with van der Waals surface area (Å²) in [7, 11) is -1.17. The van der Waals surface area contributed by atoms with E-state index >= 15 is 0 Å². The number of nitrogens with one attached hydrogen (secondary N) is 1. The maximum absolute atomic E-state index is 13.2. The van der Waals surface area contributed by atoms with Gasteiger partial charge in [0.1, 0.15) is 6.61 Å². The largest absolute Gasteiger partial charge is 0.448 e. The van der Waals surface area contributed by atoms with Crippen LogP contribution in [0.4, 0.5) is 5.13 Å². The summed E-state index contributed by atoms with van der Waals surface area (Å²) in [6, 6.07) is 18.6. The quantitative estimate of drug-likeness (QED) is 0.0946. The first-order valence-corrected chi connectivity index (χ1v) is 12.3. The molecule has 0 saturated carbocycles. The maximum atomic E-state index is 13.2. The summed E-state index contributed by atoms with van der Waals surface area (Å²) in [6.45, 7) is 3.61. The van der Waals surface area contributed by atoms with Gasteiger partial charge >= 0.3 is 13.7 Å². The van der Waals surface area contributed by atoms with Gasteiger partial charge < -0.3 is 9.57 Å². The standard InChI is InChI=1S/C22H23N4O6PS/c1-4-15-31-24-18(20-23-22(34-26-20)25-33(28,29-2)30-3)21(27)32-19(16-11-7-5-8-12-16)17-13-9-6-10-14-17/h4-14,19H,1,15H2,2-3H3,(H,23,25,26,28)/b24-18-. The molecule has 1 N–H and O–H groups in total. The first kappa shape index (κ1) is 25.3. The van der Waals surface area contributed by atoms with Crippen LogP contribution in [0.25, 0.3) is 0 Å². The molecule has 10 nitrogen and oxygen atoms in total. The Bertz CT molecular complexity index is 1120. The van der Waals surface area contributed by atoms with Crippen molar-refractivity contribution in [3.63, 3.8) is 0 Å². The van der Waals surface area contributed by atoms with Gasteiger partial charge in [-0.3, -0.25) is 14.1 Å². The van der Waals surface area contributed by atoms with E-state index in [1.165, 1.54) is 20.3 Å². The van der Waals surface area contributed by atoms with E-state index < -0.39 is 19.8 Å². The van der Waals surface area contributed by atoms with Crippen molar-refractivity contribution in [1.82, 2.24) is 9.36 Å². The Labute approximate surface area is 201 Å². The van der Waals surface area contributed by atoms with Gasteiger partial charge in [-0.15, -0.1) is 0 Å². The zero-order valence-corrected chi connectivity index (χ0v) is 20.2. The maximum Gasteiger partial charge on any atom is 0.434 e. The molecule has 34 heavy (non-hydrogen) atoms. The third-order valence-electron chi connectivity index (χ3n) is 4.32. The molecular weight excluding hydrogens is 479 g/mol. The van der Waals surface area contributed by atoms with Gasteiger partial charge in [0.05, 0.1) is 0 Å². The average molecular weight is 502 g/mol. The Morgan fingerprint density at radius 1 is 1.12 bits per heavy atom. The summed E-state index contributed by atoms with van der Waals surface area (Å²) in [5, 5.41) is 6.48. The number of hydrogen-bond acceptors (Lipinski definition) is 10. The third-order valence-corrected chi connectivity index (χ3v) is 6.55. The highest BCUT2D eigenvalue weighted by Gasteiger charge is 2.29. The Morgan fingerprint density at radius 2 is 1.71 bits per heavy atom. The fraction of sp³-hybridized carbons (Fsp3) is 0.182. The van der Waals surface area contributed by atoms with Crippen LogP contribution in [0.5, 0.6) is 0 Å². The highest BCUT2D eigenvalue weighted by molar-refractivity contribution is 7.55. The van der Waals surface area contributed by atoms with E-state index in [9.17, 15) is 9.36 Å². The molecule has 0 amide bonds. The van der Waals surface area contributed by atoms with Crippen LogP contribution in [0.1, 0.15) is 23.1 Å². The SMILES string of the molecule is C=CCO/N=C(\C(=O)OC(c1ccccc1)c1ccccc1)c1nsc(NP(=O)(OC)OC)n1. The molecule has 0 bridgehead atoms. The molecule has 0 saturated heterocycles. The molecule has 178 valence electrons. The van der Waals surface area contributed by atoms with Crippen LogP contribution in [0.3, 0.4) is 0 Å². The molecule has 0 fully saturated rings. The number of hydrogen-bond donors (Lipinski definition) is 1. The lowest BCUT2D eigenvalue weighted by molar-refractivity contribution is -0.139. The van der Waals surface area contributed by atoms with Crippen LogP contribution in [-0.2, 0) is 28.0 Å². The minimum atomic E-state index is -3.62. The first-order valence-electron chi connectivity index (χ1n) is 9.95. The molecule has 0 aliphatic rings. The molecule has 3 rings (SSSR count). The van der Waals surface area contributed by atoms with Crippen LogP contribution >= 0.6 is 19.3 Å². The minimum absolute atomic E-state index is 0.0510. The molecule has 0 radical (unpaired) electrons. The Kier molecular flexibility index (Phi) is 9.06. The predicted octanol–water partition coefficient (Wildman–Crippen LogP) is 4.59. The van der Waals surface area contributed by atoms with E-state index in [1.54, 1.807) is 0 Å². The number of rotatable bonds is 12. The number of nitrogens with zero attached hydrogens (tertiary/aromatic N) is 3. The summed E-state index contributed by atoms with van der Waals surface area (Å²) in [5.74, 6) is -0.895. The first-order chi connectivity index (χ1) is 16.5. The number of ether oxygens (including phenoxy) is 1. The van der Waals surface area contributed by atoms with Crippen molar-refractivity contribution in [3.05, 3.63) is 90.3 Å². The molecule has 0 unspecified atom stereocenters. The fourth-order valence-electron chi connectivity index (χ4n) is 2.72. The summed E-state index contributed by atoms with van der Waals surface area (Å²) in [6.07, 6.45) is 0.760. The molecular formula is C22H23N4O6PS. The van der Waals surface area contributed by atoms with Crippen molar-refractivity contribution in [1.29, 1.82) is 0 Å². The summed E-state index contributed by atoms with van der Waals surface area (Å²) >= 11 is 0.835.